The summed E-state index contributed by atoms with van der Waals surface area (Å²) < 4.78 is 5.62. The number of aryl methyl sites for hydroxylation is 1. The lowest BCUT2D eigenvalue weighted by Crippen LogP contribution is -2.45. The quantitative estimate of drug-likeness (QED) is 0.834. The molecule has 1 saturated heterocycles. The average molecular weight is 304 g/mol. The molecule has 3 heteroatoms. The van der Waals surface area contributed by atoms with E-state index in [9.17, 15) is 0 Å². The predicted octanol–water partition coefficient (Wildman–Crippen LogP) is 3.70. The van der Waals surface area contributed by atoms with Gasteiger partial charge in [-0.15, -0.1) is 0 Å². The van der Waals surface area contributed by atoms with Gasteiger partial charge in [-0.3, -0.25) is 4.90 Å². The SMILES string of the molecule is CCCN1CCCCC1C(CN)c1ccc(OCC)cc1C. The van der Waals surface area contributed by atoms with E-state index < -0.39 is 0 Å². The minimum Gasteiger partial charge on any atom is -0.494 e. The van der Waals surface area contributed by atoms with Crippen LogP contribution in [0, 0.1) is 6.92 Å². The maximum absolute atomic E-state index is 6.20. The average Bonchev–Trinajstić information content (AvgIpc) is 2.52. The second kappa shape index (κ2) is 8.54. The molecule has 0 radical (unpaired) electrons. The van der Waals surface area contributed by atoms with Crippen molar-refractivity contribution >= 4 is 0 Å². The van der Waals surface area contributed by atoms with Crippen LogP contribution in [-0.4, -0.2) is 37.2 Å². The van der Waals surface area contributed by atoms with Crippen LogP contribution in [0.4, 0.5) is 0 Å². The standard InChI is InChI=1S/C19H32N2O/c1-4-11-21-12-7-6-8-19(21)18(14-20)17-10-9-16(22-5-2)13-15(17)3/h9-10,13,18-19H,4-8,11-12,14,20H2,1-3H3. The molecule has 1 aliphatic heterocycles. The molecule has 0 bridgehead atoms. The fourth-order valence-corrected chi connectivity index (χ4v) is 3.85. The molecule has 1 fully saturated rings. The molecule has 1 heterocycles. The van der Waals surface area contributed by atoms with E-state index in [0.29, 0.717) is 18.6 Å². The molecular weight excluding hydrogens is 272 g/mol. The summed E-state index contributed by atoms with van der Waals surface area (Å²) in [5, 5.41) is 0. The van der Waals surface area contributed by atoms with Crippen molar-refractivity contribution in [3.63, 3.8) is 0 Å². The molecule has 1 aromatic rings. The number of rotatable bonds is 7. The van der Waals surface area contributed by atoms with Crippen molar-refractivity contribution in [3.05, 3.63) is 29.3 Å². The van der Waals surface area contributed by atoms with Gasteiger partial charge in [0.2, 0.25) is 0 Å². The Hall–Kier alpha value is -1.06. The highest BCUT2D eigenvalue weighted by Gasteiger charge is 2.30. The maximum Gasteiger partial charge on any atom is 0.119 e. The van der Waals surface area contributed by atoms with E-state index in [0.717, 1.165) is 12.3 Å². The highest BCUT2D eigenvalue weighted by Crippen LogP contribution is 2.33. The first-order valence-corrected chi connectivity index (χ1v) is 8.88. The molecule has 22 heavy (non-hydrogen) atoms. The van der Waals surface area contributed by atoms with Crippen molar-refractivity contribution in [2.45, 2.75) is 58.4 Å². The summed E-state index contributed by atoms with van der Waals surface area (Å²) in [6.07, 6.45) is 5.15. The van der Waals surface area contributed by atoms with Gasteiger partial charge in [0, 0.05) is 18.5 Å². The highest BCUT2D eigenvalue weighted by atomic mass is 16.5. The van der Waals surface area contributed by atoms with Crippen molar-refractivity contribution in [3.8, 4) is 5.75 Å². The van der Waals surface area contributed by atoms with E-state index in [4.69, 9.17) is 10.5 Å². The van der Waals surface area contributed by atoms with Crippen LogP contribution >= 0.6 is 0 Å². The Balaban J connectivity index is 2.22. The Bertz CT molecular complexity index is 459. The number of hydrogen-bond acceptors (Lipinski definition) is 3. The van der Waals surface area contributed by atoms with E-state index in [1.54, 1.807) is 0 Å². The van der Waals surface area contributed by atoms with Crippen molar-refractivity contribution < 1.29 is 4.74 Å². The summed E-state index contributed by atoms with van der Waals surface area (Å²) in [5.41, 5.74) is 8.91. The van der Waals surface area contributed by atoms with Crippen LogP contribution in [0.15, 0.2) is 18.2 Å². The molecule has 0 amide bonds. The molecule has 2 atom stereocenters. The van der Waals surface area contributed by atoms with Gasteiger partial charge in [-0.25, -0.2) is 0 Å². The number of ether oxygens (including phenoxy) is 1. The maximum atomic E-state index is 6.20. The zero-order valence-corrected chi connectivity index (χ0v) is 14.5. The van der Waals surface area contributed by atoms with Crippen LogP contribution in [0.1, 0.15) is 56.6 Å². The third-order valence-corrected chi connectivity index (χ3v) is 4.85. The first kappa shape index (κ1) is 17.3. The molecule has 1 aromatic carbocycles. The summed E-state index contributed by atoms with van der Waals surface area (Å²) in [4.78, 5) is 2.66. The fraction of sp³-hybridized carbons (Fsp3) is 0.684. The van der Waals surface area contributed by atoms with Crippen LogP contribution in [-0.2, 0) is 0 Å². The molecule has 2 rings (SSSR count). The molecule has 3 nitrogen and oxygen atoms in total. The molecule has 0 saturated carbocycles. The van der Waals surface area contributed by atoms with Crippen LogP contribution in [0.2, 0.25) is 0 Å². The number of nitrogens with two attached hydrogens (primary N) is 1. The van der Waals surface area contributed by atoms with Gasteiger partial charge < -0.3 is 10.5 Å². The molecule has 0 spiro atoms. The second-order valence-corrected chi connectivity index (χ2v) is 6.39. The zero-order valence-electron chi connectivity index (χ0n) is 14.5. The number of nitrogens with zero attached hydrogens (tertiary/aromatic N) is 1. The van der Waals surface area contributed by atoms with Gasteiger partial charge in [0.25, 0.3) is 0 Å². The largest absolute Gasteiger partial charge is 0.494 e. The normalized spacial score (nSPS) is 20.8. The fourth-order valence-electron chi connectivity index (χ4n) is 3.85. The lowest BCUT2D eigenvalue weighted by atomic mass is 9.83. The highest BCUT2D eigenvalue weighted by molar-refractivity contribution is 5.38. The third-order valence-electron chi connectivity index (χ3n) is 4.85. The van der Waals surface area contributed by atoms with E-state index in [1.807, 2.05) is 6.92 Å². The zero-order chi connectivity index (χ0) is 15.9. The van der Waals surface area contributed by atoms with Gasteiger partial charge in [0.05, 0.1) is 6.61 Å². The van der Waals surface area contributed by atoms with Gasteiger partial charge >= 0.3 is 0 Å². The second-order valence-electron chi connectivity index (χ2n) is 6.39. The van der Waals surface area contributed by atoms with E-state index in [2.05, 4.69) is 36.9 Å². The summed E-state index contributed by atoms with van der Waals surface area (Å²) in [6, 6.07) is 7.09. The van der Waals surface area contributed by atoms with E-state index in [-0.39, 0.29) is 0 Å². The first-order chi connectivity index (χ1) is 10.7. The van der Waals surface area contributed by atoms with Gasteiger partial charge in [-0.05, 0) is 69.5 Å². The Morgan fingerprint density at radius 1 is 1.32 bits per heavy atom. The van der Waals surface area contributed by atoms with Crippen molar-refractivity contribution in [2.24, 2.45) is 5.73 Å². The van der Waals surface area contributed by atoms with E-state index in [1.165, 1.54) is 49.9 Å². The Kier molecular flexibility index (Phi) is 6.71. The smallest absolute Gasteiger partial charge is 0.119 e. The molecule has 124 valence electrons. The minimum absolute atomic E-state index is 0.433. The minimum atomic E-state index is 0.433. The number of benzene rings is 1. The van der Waals surface area contributed by atoms with Crippen LogP contribution in [0.25, 0.3) is 0 Å². The van der Waals surface area contributed by atoms with E-state index >= 15 is 0 Å². The van der Waals surface area contributed by atoms with Gasteiger partial charge in [-0.1, -0.05) is 19.4 Å². The van der Waals surface area contributed by atoms with Crippen molar-refractivity contribution in [2.75, 3.05) is 26.2 Å². The van der Waals surface area contributed by atoms with Gasteiger partial charge in [0.15, 0.2) is 0 Å². The number of piperidine rings is 1. The third kappa shape index (κ3) is 4.02. The number of likely N-dealkylation sites (tertiary alicyclic amines) is 1. The molecule has 2 unspecified atom stereocenters. The molecule has 0 aromatic heterocycles. The molecule has 0 aliphatic carbocycles. The van der Waals surface area contributed by atoms with Crippen LogP contribution in [0.3, 0.4) is 0 Å². The van der Waals surface area contributed by atoms with Crippen molar-refractivity contribution in [1.82, 2.24) is 4.90 Å². The summed E-state index contributed by atoms with van der Waals surface area (Å²) in [6.45, 7) is 10.3. The summed E-state index contributed by atoms with van der Waals surface area (Å²) >= 11 is 0. The lowest BCUT2D eigenvalue weighted by Gasteiger charge is -2.40. The van der Waals surface area contributed by atoms with Crippen molar-refractivity contribution in [1.29, 1.82) is 0 Å². The van der Waals surface area contributed by atoms with Crippen LogP contribution in [0.5, 0.6) is 5.75 Å². The molecule has 1 aliphatic rings. The Morgan fingerprint density at radius 2 is 2.14 bits per heavy atom. The monoisotopic (exact) mass is 304 g/mol. The van der Waals surface area contributed by atoms with Gasteiger partial charge in [-0.2, -0.15) is 0 Å². The number of hydrogen-bond donors (Lipinski definition) is 1. The van der Waals surface area contributed by atoms with Crippen LogP contribution < -0.4 is 10.5 Å². The topological polar surface area (TPSA) is 38.5 Å². The summed E-state index contributed by atoms with van der Waals surface area (Å²) in [5.74, 6) is 1.40. The first-order valence-electron chi connectivity index (χ1n) is 8.88. The Morgan fingerprint density at radius 3 is 2.77 bits per heavy atom. The lowest BCUT2D eigenvalue weighted by molar-refractivity contribution is 0.126. The molecular formula is C19H32N2O. The summed E-state index contributed by atoms with van der Waals surface area (Å²) in [7, 11) is 0. The van der Waals surface area contributed by atoms with Gasteiger partial charge in [0.1, 0.15) is 5.75 Å². The predicted molar refractivity (Wildman–Crippen MR) is 93.6 cm³/mol. The Labute approximate surface area is 135 Å². The molecule has 2 N–H and O–H groups in total.